The number of nitrogens with zero attached hydrogens (tertiary/aromatic N) is 3. The number of para-hydroxylation sites is 1. The number of nitrogens with one attached hydrogen (secondary N) is 1. The summed E-state index contributed by atoms with van der Waals surface area (Å²) in [5.41, 5.74) is 6.37. The van der Waals surface area contributed by atoms with E-state index in [4.69, 9.17) is 15.2 Å². The van der Waals surface area contributed by atoms with E-state index in [1.54, 1.807) is 11.6 Å². The smallest absolute Gasteiger partial charge is 0.231 e. The monoisotopic (exact) mass is 233 g/mol. The van der Waals surface area contributed by atoms with Gasteiger partial charge in [-0.2, -0.15) is 0 Å². The molecule has 2 heterocycles. The Labute approximate surface area is 97.2 Å². The summed E-state index contributed by atoms with van der Waals surface area (Å²) < 4.78 is 12.3. The van der Waals surface area contributed by atoms with Crippen molar-refractivity contribution in [2.75, 3.05) is 17.8 Å². The van der Waals surface area contributed by atoms with Crippen LogP contribution < -0.4 is 20.5 Å². The van der Waals surface area contributed by atoms with Crippen LogP contribution in [0.4, 0.5) is 17.6 Å². The van der Waals surface area contributed by atoms with Crippen LogP contribution in [0.5, 0.6) is 11.5 Å². The number of rotatable bonds is 2. The number of hydrogen-bond acceptors (Lipinski definition) is 6. The van der Waals surface area contributed by atoms with Crippen LogP contribution in [0.15, 0.2) is 18.2 Å². The molecule has 1 aromatic heterocycles. The molecule has 1 aliphatic heterocycles. The van der Waals surface area contributed by atoms with Gasteiger partial charge in [-0.25, -0.2) is 0 Å². The van der Waals surface area contributed by atoms with Crippen LogP contribution in [0.1, 0.15) is 0 Å². The van der Waals surface area contributed by atoms with Crippen LogP contribution in [-0.2, 0) is 7.05 Å². The largest absolute Gasteiger partial charge is 0.454 e. The van der Waals surface area contributed by atoms with Crippen LogP contribution in [0.25, 0.3) is 0 Å². The van der Waals surface area contributed by atoms with Gasteiger partial charge in [0.25, 0.3) is 0 Å². The van der Waals surface area contributed by atoms with Gasteiger partial charge in [-0.15, -0.1) is 10.2 Å². The number of nitrogen functional groups attached to an aromatic ring is 1. The van der Waals surface area contributed by atoms with E-state index in [2.05, 4.69) is 15.5 Å². The maximum atomic E-state index is 5.60. The summed E-state index contributed by atoms with van der Waals surface area (Å²) in [6.45, 7) is 0.231. The van der Waals surface area contributed by atoms with Gasteiger partial charge in [0.2, 0.25) is 18.7 Å². The van der Waals surface area contributed by atoms with Crippen molar-refractivity contribution < 1.29 is 9.47 Å². The number of aromatic nitrogens is 3. The average Bonchev–Trinajstić information content (AvgIpc) is 2.91. The third kappa shape index (κ3) is 1.52. The fraction of sp³-hybridized carbons (Fsp3) is 0.200. The molecule has 1 aliphatic rings. The number of anilines is 3. The van der Waals surface area contributed by atoms with Crippen molar-refractivity contribution in [3.05, 3.63) is 18.2 Å². The van der Waals surface area contributed by atoms with E-state index < -0.39 is 0 Å². The van der Waals surface area contributed by atoms with Crippen molar-refractivity contribution in [2.24, 2.45) is 7.05 Å². The molecule has 3 N–H and O–H groups in total. The molecule has 0 saturated carbocycles. The first-order chi connectivity index (χ1) is 8.25. The van der Waals surface area contributed by atoms with E-state index in [-0.39, 0.29) is 6.79 Å². The van der Waals surface area contributed by atoms with Crippen LogP contribution >= 0.6 is 0 Å². The minimum atomic E-state index is 0.231. The predicted molar refractivity (Wildman–Crippen MR) is 61.3 cm³/mol. The molecule has 2 aromatic rings. The van der Waals surface area contributed by atoms with Gasteiger partial charge in [0, 0.05) is 7.05 Å². The Bertz CT molecular complexity index is 566. The van der Waals surface area contributed by atoms with Crippen LogP contribution in [0.2, 0.25) is 0 Å². The molecule has 3 rings (SSSR count). The molecule has 1 aromatic carbocycles. The minimum Gasteiger partial charge on any atom is -0.454 e. The zero-order chi connectivity index (χ0) is 11.8. The Morgan fingerprint density at radius 2 is 2.24 bits per heavy atom. The van der Waals surface area contributed by atoms with E-state index in [0.717, 1.165) is 5.69 Å². The van der Waals surface area contributed by atoms with Crippen molar-refractivity contribution in [3.63, 3.8) is 0 Å². The lowest BCUT2D eigenvalue weighted by Gasteiger charge is -2.07. The summed E-state index contributed by atoms with van der Waals surface area (Å²) in [6, 6.07) is 5.59. The Morgan fingerprint density at radius 3 is 3.00 bits per heavy atom. The number of benzene rings is 1. The second kappa shape index (κ2) is 3.55. The lowest BCUT2D eigenvalue weighted by molar-refractivity contribution is 0.174. The molecule has 0 fully saturated rings. The van der Waals surface area contributed by atoms with Gasteiger partial charge < -0.3 is 20.5 Å². The highest BCUT2D eigenvalue weighted by Gasteiger charge is 2.18. The molecule has 0 unspecified atom stereocenters. The predicted octanol–water partition coefficient (Wildman–Crippen LogP) is 0.870. The average molecular weight is 233 g/mol. The fourth-order valence-corrected chi connectivity index (χ4v) is 1.60. The normalized spacial score (nSPS) is 12.8. The Balaban J connectivity index is 1.96. The van der Waals surface area contributed by atoms with Crippen LogP contribution in [0, 0.1) is 0 Å². The van der Waals surface area contributed by atoms with Crippen molar-refractivity contribution >= 4 is 17.6 Å². The van der Waals surface area contributed by atoms with E-state index in [1.165, 1.54) is 0 Å². The second-order valence-electron chi connectivity index (χ2n) is 3.61. The highest BCUT2D eigenvalue weighted by Crippen LogP contribution is 2.39. The number of nitrogens with two attached hydrogens (primary N) is 1. The third-order valence-corrected chi connectivity index (χ3v) is 2.55. The van der Waals surface area contributed by atoms with Gasteiger partial charge in [0.1, 0.15) is 0 Å². The summed E-state index contributed by atoms with van der Waals surface area (Å²) in [5.74, 6) is 2.28. The number of hydrogen-bond donors (Lipinski definition) is 2. The molecule has 0 radical (unpaired) electrons. The fourth-order valence-electron chi connectivity index (χ4n) is 1.60. The highest BCUT2D eigenvalue weighted by atomic mass is 16.7. The SMILES string of the molecule is Cn1c(N)nnc1Nc1cccc2c1OCO2. The molecule has 0 bridgehead atoms. The standard InChI is InChI=1S/C10H11N5O2/c1-15-9(11)13-14-10(15)12-6-3-2-4-7-8(6)17-5-16-7/h2-4H,5H2,1H3,(H2,11,13)(H,12,14). The molecule has 7 nitrogen and oxygen atoms in total. The van der Waals surface area contributed by atoms with Crippen molar-refractivity contribution in [3.8, 4) is 11.5 Å². The maximum absolute atomic E-state index is 5.60. The molecular formula is C10H11N5O2. The topological polar surface area (TPSA) is 87.2 Å². The molecule has 0 spiro atoms. The summed E-state index contributed by atoms with van der Waals surface area (Å²) in [7, 11) is 1.78. The van der Waals surface area contributed by atoms with Crippen LogP contribution in [0.3, 0.4) is 0 Å². The molecule has 7 heteroatoms. The van der Waals surface area contributed by atoms with E-state index in [1.807, 2.05) is 18.2 Å². The lowest BCUT2D eigenvalue weighted by Crippen LogP contribution is -2.02. The summed E-state index contributed by atoms with van der Waals surface area (Å²) in [4.78, 5) is 0. The summed E-state index contributed by atoms with van der Waals surface area (Å²) in [5, 5.41) is 10.8. The van der Waals surface area contributed by atoms with Crippen molar-refractivity contribution in [2.45, 2.75) is 0 Å². The van der Waals surface area contributed by atoms with E-state index in [9.17, 15) is 0 Å². The molecule has 17 heavy (non-hydrogen) atoms. The molecule has 88 valence electrons. The Morgan fingerprint density at radius 1 is 1.35 bits per heavy atom. The molecular weight excluding hydrogens is 222 g/mol. The minimum absolute atomic E-state index is 0.231. The van der Waals surface area contributed by atoms with Crippen molar-refractivity contribution in [1.82, 2.24) is 14.8 Å². The van der Waals surface area contributed by atoms with Gasteiger partial charge in [0.15, 0.2) is 11.5 Å². The first-order valence-corrected chi connectivity index (χ1v) is 5.06. The van der Waals surface area contributed by atoms with Gasteiger partial charge in [-0.3, -0.25) is 4.57 Å². The zero-order valence-electron chi connectivity index (χ0n) is 9.17. The maximum Gasteiger partial charge on any atom is 0.231 e. The van der Waals surface area contributed by atoms with Crippen molar-refractivity contribution in [1.29, 1.82) is 0 Å². The summed E-state index contributed by atoms with van der Waals surface area (Å²) >= 11 is 0. The molecule has 0 saturated heterocycles. The third-order valence-electron chi connectivity index (χ3n) is 2.55. The molecule has 0 amide bonds. The van der Waals surface area contributed by atoms with Gasteiger partial charge in [-0.1, -0.05) is 6.07 Å². The van der Waals surface area contributed by atoms with E-state index >= 15 is 0 Å². The molecule has 0 aliphatic carbocycles. The quantitative estimate of drug-likeness (QED) is 0.800. The first-order valence-electron chi connectivity index (χ1n) is 5.06. The highest BCUT2D eigenvalue weighted by molar-refractivity contribution is 5.68. The Kier molecular flexibility index (Phi) is 2.04. The van der Waals surface area contributed by atoms with Gasteiger partial charge in [-0.05, 0) is 12.1 Å². The summed E-state index contributed by atoms with van der Waals surface area (Å²) in [6.07, 6.45) is 0. The number of fused-ring (bicyclic) bond motifs is 1. The van der Waals surface area contributed by atoms with Crippen LogP contribution in [-0.4, -0.2) is 21.6 Å². The first kappa shape index (κ1) is 9.76. The Hall–Kier alpha value is -2.44. The van der Waals surface area contributed by atoms with Gasteiger partial charge >= 0.3 is 0 Å². The zero-order valence-corrected chi connectivity index (χ0v) is 9.17. The number of ether oxygens (including phenoxy) is 2. The van der Waals surface area contributed by atoms with Gasteiger partial charge in [0.05, 0.1) is 5.69 Å². The second-order valence-corrected chi connectivity index (χ2v) is 3.61. The van der Waals surface area contributed by atoms with E-state index in [0.29, 0.717) is 23.4 Å². The molecule has 0 atom stereocenters. The lowest BCUT2D eigenvalue weighted by atomic mass is 10.3.